The van der Waals surface area contributed by atoms with E-state index >= 15 is 0 Å². The van der Waals surface area contributed by atoms with E-state index in [-0.39, 0.29) is 12.8 Å². The Balaban J connectivity index is 1.29. The maximum absolute atomic E-state index is 12.8. The zero-order valence-electron chi connectivity index (χ0n) is 15.5. The van der Waals surface area contributed by atoms with Crippen LogP contribution in [-0.4, -0.2) is 32.7 Å². The Kier molecular flexibility index (Phi) is 4.14. The topological polar surface area (TPSA) is 59.3 Å². The fourth-order valence-corrected chi connectivity index (χ4v) is 4.60. The minimum atomic E-state index is -4.40. The lowest BCUT2D eigenvalue weighted by molar-refractivity contribution is -0.154. The van der Waals surface area contributed by atoms with Crippen molar-refractivity contribution < 1.29 is 18.0 Å². The van der Waals surface area contributed by atoms with Gasteiger partial charge in [-0.15, -0.1) is 0 Å². The van der Waals surface area contributed by atoms with Crippen molar-refractivity contribution in [2.45, 2.75) is 57.2 Å². The predicted octanol–water partition coefficient (Wildman–Crippen LogP) is 3.32. The maximum Gasteiger partial charge on any atom is 0.408 e. The summed E-state index contributed by atoms with van der Waals surface area (Å²) in [6, 6.07) is 0.0926. The number of carbonyl (C=O) groups excluding carboxylic acids is 1. The highest BCUT2D eigenvalue weighted by Gasteiger charge is 2.47. The Hall–Kier alpha value is -2.12. The average molecular weight is 392 g/mol. The summed E-state index contributed by atoms with van der Waals surface area (Å²) in [4.78, 5) is 16.6. The number of aromatic nitrogens is 3. The van der Waals surface area contributed by atoms with E-state index in [0.717, 1.165) is 35.4 Å². The third kappa shape index (κ3) is 3.61. The van der Waals surface area contributed by atoms with Crippen molar-refractivity contribution >= 4 is 11.6 Å². The quantitative estimate of drug-likeness (QED) is 0.821. The molecule has 2 aromatic heterocycles. The van der Waals surface area contributed by atoms with Crippen LogP contribution in [0.15, 0.2) is 18.5 Å². The number of nitrogens with zero attached hydrogens (tertiary/aromatic N) is 3. The third-order valence-corrected chi connectivity index (χ3v) is 6.41. The number of nitrogens with one attached hydrogen (secondary N) is 1. The summed E-state index contributed by atoms with van der Waals surface area (Å²) in [5, 5.41) is 6.42. The van der Waals surface area contributed by atoms with Gasteiger partial charge in [-0.25, -0.2) is 9.50 Å². The van der Waals surface area contributed by atoms with Gasteiger partial charge in [0, 0.05) is 5.92 Å². The van der Waals surface area contributed by atoms with Crippen LogP contribution in [0.3, 0.4) is 0 Å². The van der Waals surface area contributed by atoms with Crippen molar-refractivity contribution in [1.82, 2.24) is 19.9 Å². The fourth-order valence-electron chi connectivity index (χ4n) is 4.60. The molecule has 0 aromatic carbocycles. The highest BCUT2D eigenvalue weighted by Crippen LogP contribution is 2.50. The molecular weight excluding hydrogens is 369 g/mol. The van der Waals surface area contributed by atoms with Gasteiger partial charge in [0.1, 0.15) is 6.04 Å². The van der Waals surface area contributed by atoms with Crippen molar-refractivity contribution in [3.8, 4) is 0 Å². The zero-order chi connectivity index (χ0) is 19.5. The maximum atomic E-state index is 12.8. The van der Waals surface area contributed by atoms with Crippen LogP contribution in [0.5, 0.6) is 0 Å². The van der Waals surface area contributed by atoms with E-state index in [1.807, 2.05) is 12.3 Å². The van der Waals surface area contributed by atoms with E-state index in [2.05, 4.69) is 10.4 Å². The molecular formula is C20H23F3N4O. The molecule has 2 aromatic rings. The number of fused-ring (bicyclic) bond motifs is 1. The number of rotatable bonds is 6. The Labute approximate surface area is 160 Å². The van der Waals surface area contributed by atoms with Gasteiger partial charge in [-0.05, 0) is 74.3 Å². The molecule has 150 valence electrons. The minimum Gasteiger partial charge on any atom is -0.344 e. The van der Waals surface area contributed by atoms with Gasteiger partial charge in [0.25, 0.3) is 0 Å². The monoisotopic (exact) mass is 392 g/mol. The first-order valence-electron chi connectivity index (χ1n) is 10.1. The number of amides is 1. The SMILES string of the molecule is O=C1NC(C(F)(F)F)CC1Cc1cnn2cc(CC(C3CC3)C3CC3)nc2c1. The van der Waals surface area contributed by atoms with Gasteiger partial charge in [-0.1, -0.05) is 0 Å². The van der Waals surface area contributed by atoms with E-state index in [9.17, 15) is 18.0 Å². The largest absolute Gasteiger partial charge is 0.408 e. The molecule has 8 heteroatoms. The van der Waals surface area contributed by atoms with Crippen LogP contribution in [0.4, 0.5) is 13.2 Å². The van der Waals surface area contributed by atoms with Crippen LogP contribution in [0.2, 0.25) is 0 Å². The number of imidazole rings is 1. The molecule has 0 bridgehead atoms. The second kappa shape index (κ2) is 6.46. The summed E-state index contributed by atoms with van der Waals surface area (Å²) in [5.41, 5.74) is 2.47. The first-order valence-corrected chi connectivity index (χ1v) is 10.1. The van der Waals surface area contributed by atoms with Crippen molar-refractivity contribution in [3.05, 3.63) is 29.7 Å². The van der Waals surface area contributed by atoms with Crippen molar-refractivity contribution in [2.24, 2.45) is 23.7 Å². The van der Waals surface area contributed by atoms with E-state index in [0.29, 0.717) is 5.65 Å². The number of hydrogen-bond donors (Lipinski definition) is 1. The number of halogens is 3. The van der Waals surface area contributed by atoms with Gasteiger partial charge in [-0.3, -0.25) is 4.79 Å². The lowest BCUT2D eigenvalue weighted by Crippen LogP contribution is -2.38. The van der Waals surface area contributed by atoms with E-state index in [1.54, 1.807) is 10.7 Å². The van der Waals surface area contributed by atoms with Crippen LogP contribution in [-0.2, 0) is 17.6 Å². The molecule has 2 aliphatic carbocycles. The Morgan fingerprint density at radius 3 is 2.54 bits per heavy atom. The van der Waals surface area contributed by atoms with Crippen molar-refractivity contribution in [1.29, 1.82) is 0 Å². The molecule has 3 heterocycles. The van der Waals surface area contributed by atoms with E-state index in [4.69, 9.17) is 4.98 Å². The Morgan fingerprint density at radius 1 is 1.21 bits per heavy atom. The van der Waals surface area contributed by atoms with Crippen LogP contribution in [0, 0.1) is 23.7 Å². The molecule has 1 amide bonds. The average Bonchev–Trinajstić information content (AvgIpc) is 3.55. The summed E-state index contributed by atoms with van der Waals surface area (Å²) in [6.07, 6.45) is 5.52. The lowest BCUT2D eigenvalue weighted by Gasteiger charge is -2.13. The van der Waals surface area contributed by atoms with Gasteiger partial charge in [0.2, 0.25) is 5.91 Å². The van der Waals surface area contributed by atoms with Crippen molar-refractivity contribution in [3.63, 3.8) is 0 Å². The van der Waals surface area contributed by atoms with Crippen molar-refractivity contribution in [2.75, 3.05) is 0 Å². The molecule has 2 saturated carbocycles. The normalized spacial score (nSPS) is 25.6. The molecule has 2 unspecified atom stereocenters. The highest BCUT2D eigenvalue weighted by molar-refractivity contribution is 5.81. The van der Waals surface area contributed by atoms with Crippen LogP contribution in [0.1, 0.15) is 43.4 Å². The fraction of sp³-hybridized carbons (Fsp3) is 0.650. The Bertz CT molecular complexity index is 888. The molecule has 0 radical (unpaired) electrons. The van der Waals surface area contributed by atoms with E-state index in [1.165, 1.54) is 25.7 Å². The van der Waals surface area contributed by atoms with Gasteiger partial charge in [0.05, 0.1) is 18.1 Å². The molecule has 5 nitrogen and oxygen atoms in total. The van der Waals surface area contributed by atoms with Gasteiger partial charge in [-0.2, -0.15) is 18.3 Å². The third-order valence-electron chi connectivity index (χ3n) is 6.41. The molecule has 2 atom stereocenters. The van der Waals surface area contributed by atoms with Gasteiger partial charge < -0.3 is 5.32 Å². The molecule has 1 saturated heterocycles. The smallest absolute Gasteiger partial charge is 0.344 e. The lowest BCUT2D eigenvalue weighted by atomic mass is 9.93. The first-order chi connectivity index (χ1) is 13.4. The number of hydrogen-bond acceptors (Lipinski definition) is 3. The van der Waals surface area contributed by atoms with Gasteiger partial charge >= 0.3 is 6.18 Å². The second-order valence-electron chi connectivity index (χ2n) is 8.68. The van der Waals surface area contributed by atoms with E-state index < -0.39 is 24.0 Å². The predicted molar refractivity (Wildman–Crippen MR) is 95.4 cm³/mol. The number of carbonyl (C=O) groups is 1. The molecule has 0 spiro atoms. The van der Waals surface area contributed by atoms with Crippen LogP contribution >= 0.6 is 0 Å². The molecule has 5 rings (SSSR count). The van der Waals surface area contributed by atoms with Gasteiger partial charge in [0.15, 0.2) is 5.65 Å². The molecule has 1 aliphatic heterocycles. The Morgan fingerprint density at radius 2 is 1.93 bits per heavy atom. The minimum absolute atomic E-state index is 0.225. The summed E-state index contributed by atoms with van der Waals surface area (Å²) in [7, 11) is 0. The first kappa shape index (κ1) is 17.9. The molecule has 3 fully saturated rings. The summed E-state index contributed by atoms with van der Waals surface area (Å²) < 4.78 is 40.3. The van der Waals surface area contributed by atoms with Crippen LogP contribution in [0.25, 0.3) is 5.65 Å². The number of alkyl halides is 3. The second-order valence-corrected chi connectivity index (χ2v) is 8.68. The highest BCUT2D eigenvalue weighted by atomic mass is 19.4. The molecule has 1 N–H and O–H groups in total. The summed E-state index contributed by atoms with van der Waals surface area (Å²) >= 11 is 0. The standard InChI is InChI=1S/C20H23F3N4O/c21-20(22,23)17-7-14(19(28)26-17)5-11-6-18-25-15(10-27(18)24-9-11)8-16(12-1-2-12)13-3-4-13/h6,9-10,12-14,16-17H,1-5,7-8H2,(H,26,28). The summed E-state index contributed by atoms with van der Waals surface area (Å²) in [5.74, 6) is 1.21. The summed E-state index contributed by atoms with van der Waals surface area (Å²) in [6.45, 7) is 0. The molecule has 28 heavy (non-hydrogen) atoms. The zero-order valence-corrected chi connectivity index (χ0v) is 15.5. The molecule has 3 aliphatic rings. The van der Waals surface area contributed by atoms with Crippen LogP contribution < -0.4 is 5.32 Å².